The fourth-order valence-electron chi connectivity index (χ4n) is 3.63. The normalized spacial score (nSPS) is 16.4. The van der Waals surface area contributed by atoms with Gasteiger partial charge in [-0.25, -0.2) is 0 Å². The van der Waals surface area contributed by atoms with E-state index in [9.17, 15) is 0 Å². The van der Waals surface area contributed by atoms with Crippen LogP contribution in [0.15, 0.2) is 72.8 Å². The van der Waals surface area contributed by atoms with Crippen molar-refractivity contribution >= 4 is 23.0 Å². The molecule has 3 heteroatoms. The van der Waals surface area contributed by atoms with Gasteiger partial charge < -0.3 is 9.64 Å². The Kier molecular flexibility index (Phi) is 4.37. The third kappa shape index (κ3) is 3.10. The minimum absolute atomic E-state index is 0.309. The van der Waals surface area contributed by atoms with Crippen LogP contribution in [0.4, 0.5) is 11.4 Å². The summed E-state index contributed by atoms with van der Waals surface area (Å²) in [7, 11) is 1.69. The minimum atomic E-state index is 0.309. The van der Waals surface area contributed by atoms with E-state index in [2.05, 4.69) is 59.5 Å². The molecule has 4 rings (SSSR count). The molecule has 1 aliphatic rings. The molecule has 3 aromatic carbocycles. The Morgan fingerprint density at radius 3 is 2.44 bits per heavy atom. The van der Waals surface area contributed by atoms with Crippen molar-refractivity contribution in [2.75, 3.05) is 12.0 Å². The highest BCUT2D eigenvalue weighted by molar-refractivity contribution is 6.30. The average Bonchev–Trinajstić information content (AvgIpc) is 2.68. The molecule has 1 unspecified atom stereocenters. The summed E-state index contributed by atoms with van der Waals surface area (Å²) in [4.78, 5) is 2.42. The van der Waals surface area contributed by atoms with Gasteiger partial charge in [0.15, 0.2) is 0 Å². The zero-order valence-corrected chi connectivity index (χ0v) is 14.9. The first-order chi connectivity index (χ1) is 12.3. The molecule has 0 amide bonds. The number of fused-ring (bicyclic) bond motifs is 1. The summed E-state index contributed by atoms with van der Waals surface area (Å²) < 4.78 is 5.32. The predicted molar refractivity (Wildman–Crippen MR) is 104 cm³/mol. The first kappa shape index (κ1) is 16.0. The van der Waals surface area contributed by atoms with Crippen molar-refractivity contribution < 1.29 is 4.74 Å². The third-order valence-electron chi connectivity index (χ3n) is 4.83. The predicted octanol–water partition coefficient (Wildman–Crippen LogP) is 6.17. The van der Waals surface area contributed by atoms with Gasteiger partial charge in [-0.1, -0.05) is 41.9 Å². The van der Waals surface area contributed by atoms with Gasteiger partial charge >= 0.3 is 0 Å². The highest BCUT2D eigenvalue weighted by atomic mass is 35.5. The molecule has 0 fully saturated rings. The second kappa shape index (κ2) is 6.81. The van der Waals surface area contributed by atoms with E-state index in [0.29, 0.717) is 6.04 Å². The molecule has 25 heavy (non-hydrogen) atoms. The lowest BCUT2D eigenvalue weighted by Crippen LogP contribution is -2.29. The smallest absolute Gasteiger partial charge is 0.119 e. The van der Waals surface area contributed by atoms with Crippen LogP contribution in [0.5, 0.6) is 5.75 Å². The van der Waals surface area contributed by atoms with E-state index in [1.165, 1.54) is 16.8 Å². The van der Waals surface area contributed by atoms with Crippen molar-refractivity contribution in [2.24, 2.45) is 0 Å². The standard InChI is InChI=1S/C22H20ClNO/c1-25-20-11-9-19(10-12-20)24-21(16-5-3-2-4-6-16)13-7-17-15-18(23)8-14-22(17)24/h2-6,8-12,14-15,21H,7,13H2,1H3. The topological polar surface area (TPSA) is 12.5 Å². The summed E-state index contributed by atoms with van der Waals surface area (Å²) in [6.45, 7) is 0. The van der Waals surface area contributed by atoms with Gasteiger partial charge in [-0.05, 0) is 66.4 Å². The van der Waals surface area contributed by atoms with E-state index in [1.54, 1.807) is 7.11 Å². The number of aryl methyl sites for hydroxylation is 1. The number of rotatable bonds is 3. The molecule has 0 saturated heterocycles. The second-order valence-electron chi connectivity index (χ2n) is 6.31. The summed E-state index contributed by atoms with van der Waals surface area (Å²) >= 11 is 6.23. The molecule has 1 heterocycles. The van der Waals surface area contributed by atoms with Crippen LogP contribution in [0.25, 0.3) is 0 Å². The van der Waals surface area contributed by atoms with Crippen LogP contribution >= 0.6 is 11.6 Å². The van der Waals surface area contributed by atoms with Crippen LogP contribution in [0.2, 0.25) is 5.02 Å². The molecule has 0 bridgehead atoms. The Balaban J connectivity index is 1.83. The lowest BCUT2D eigenvalue weighted by molar-refractivity contribution is 0.415. The summed E-state index contributed by atoms with van der Waals surface area (Å²) in [5.41, 5.74) is 5.03. The van der Waals surface area contributed by atoms with Crippen molar-refractivity contribution in [3.63, 3.8) is 0 Å². The molecule has 2 nitrogen and oxygen atoms in total. The maximum atomic E-state index is 6.23. The van der Waals surface area contributed by atoms with Gasteiger partial charge in [-0.15, -0.1) is 0 Å². The molecule has 3 aromatic rings. The number of benzene rings is 3. The number of ether oxygens (including phenoxy) is 1. The van der Waals surface area contributed by atoms with Gasteiger partial charge in [0.25, 0.3) is 0 Å². The monoisotopic (exact) mass is 349 g/mol. The van der Waals surface area contributed by atoms with Gasteiger partial charge in [0.2, 0.25) is 0 Å². The number of nitrogens with zero attached hydrogens (tertiary/aromatic N) is 1. The Labute approximate surface area is 153 Å². The Hall–Kier alpha value is -2.45. The van der Waals surface area contributed by atoms with E-state index in [0.717, 1.165) is 29.3 Å². The van der Waals surface area contributed by atoms with Gasteiger partial charge in [0.1, 0.15) is 5.75 Å². The van der Waals surface area contributed by atoms with Gasteiger partial charge in [0.05, 0.1) is 13.2 Å². The molecule has 0 N–H and O–H groups in total. The summed E-state index contributed by atoms with van der Waals surface area (Å²) in [6.07, 6.45) is 2.09. The molecular weight excluding hydrogens is 330 g/mol. The van der Waals surface area contributed by atoms with Crippen molar-refractivity contribution in [3.8, 4) is 5.75 Å². The average molecular weight is 350 g/mol. The Morgan fingerprint density at radius 1 is 0.960 bits per heavy atom. The van der Waals surface area contributed by atoms with Gasteiger partial charge in [0, 0.05) is 16.4 Å². The van der Waals surface area contributed by atoms with E-state index in [-0.39, 0.29) is 0 Å². The van der Waals surface area contributed by atoms with E-state index in [4.69, 9.17) is 16.3 Å². The first-order valence-electron chi connectivity index (χ1n) is 8.53. The van der Waals surface area contributed by atoms with E-state index < -0.39 is 0 Å². The number of halogens is 1. The van der Waals surface area contributed by atoms with Crippen LogP contribution in [-0.2, 0) is 6.42 Å². The van der Waals surface area contributed by atoms with Crippen molar-refractivity contribution in [3.05, 3.63) is 88.9 Å². The Bertz CT molecular complexity index is 861. The number of hydrogen-bond acceptors (Lipinski definition) is 2. The number of anilines is 2. The fraction of sp³-hybridized carbons (Fsp3) is 0.182. The maximum absolute atomic E-state index is 6.23. The van der Waals surface area contributed by atoms with Crippen molar-refractivity contribution in [2.45, 2.75) is 18.9 Å². The lowest BCUT2D eigenvalue weighted by atomic mass is 9.90. The van der Waals surface area contributed by atoms with Gasteiger partial charge in [-0.2, -0.15) is 0 Å². The molecule has 0 aliphatic carbocycles. The van der Waals surface area contributed by atoms with Crippen LogP contribution in [0, 0.1) is 0 Å². The van der Waals surface area contributed by atoms with E-state index >= 15 is 0 Å². The third-order valence-corrected chi connectivity index (χ3v) is 5.07. The lowest BCUT2D eigenvalue weighted by Gasteiger charge is -2.39. The molecule has 126 valence electrons. The maximum Gasteiger partial charge on any atom is 0.119 e. The zero-order chi connectivity index (χ0) is 17.2. The Morgan fingerprint density at radius 2 is 1.72 bits per heavy atom. The van der Waals surface area contributed by atoms with Crippen LogP contribution in [0.3, 0.4) is 0 Å². The largest absolute Gasteiger partial charge is 0.497 e. The van der Waals surface area contributed by atoms with Crippen molar-refractivity contribution in [1.82, 2.24) is 0 Å². The van der Waals surface area contributed by atoms with Crippen LogP contribution < -0.4 is 9.64 Å². The number of hydrogen-bond donors (Lipinski definition) is 0. The highest BCUT2D eigenvalue weighted by Crippen LogP contribution is 2.44. The molecule has 0 aromatic heterocycles. The second-order valence-corrected chi connectivity index (χ2v) is 6.74. The summed E-state index contributed by atoms with van der Waals surface area (Å²) in [5, 5.41) is 0.798. The quantitative estimate of drug-likeness (QED) is 0.560. The SMILES string of the molecule is COc1ccc(N2c3ccc(Cl)cc3CCC2c2ccccc2)cc1. The first-order valence-corrected chi connectivity index (χ1v) is 8.91. The van der Waals surface area contributed by atoms with Gasteiger partial charge in [-0.3, -0.25) is 0 Å². The number of methoxy groups -OCH3 is 1. The molecule has 0 spiro atoms. The van der Waals surface area contributed by atoms with E-state index in [1.807, 2.05) is 18.2 Å². The van der Waals surface area contributed by atoms with Crippen LogP contribution in [-0.4, -0.2) is 7.11 Å². The summed E-state index contributed by atoms with van der Waals surface area (Å²) in [6, 6.07) is 25.5. The highest BCUT2D eigenvalue weighted by Gasteiger charge is 2.28. The molecule has 1 aliphatic heterocycles. The fourth-order valence-corrected chi connectivity index (χ4v) is 3.83. The molecule has 0 radical (unpaired) electrons. The molecule has 1 atom stereocenters. The van der Waals surface area contributed by atoms with Crippen molar-refractivity contribution in [1.29, 1.82) is 0 Å². The van der Waals surface area contributed by atoms with Crippen LogP contribution in [0.1, 0.15) is 23.6 Å². The minimum Gasteiger partial charge on any atom is -0.497 e. The molecular formula is C22H20ClNO. The summed E-state index contributed by atoms with van der Waals surface area (Å²) in [5.74, 6) is 0.869. The molecule has 0 saturated carbocycles. The zero-order valence-electron chi connectivity index (χ0n) is 14.2.